The largest absolute Gasteiger partial charge is 0.309 e. The van der Waals surface area contributed by atoms with Crippen LogP contribution in [0.1, 0.15) is 0 Å². The minimum Gasteiger partial charge on any atom is -0.309 e. The molecule has 0 aliphatic rings. The molecule has 11 rings (SSSR count). The Labute approximate surface area is 306 Å². The zero-order valence-electron chi connectivity index (χ0n) is 28.7. The molecule has 246 valence electrons. The first-order valence-electron chi connectivity index (χ1n) is 18.1. The van der Waals surface area contributed by atoms with Gasteiger partial charge in [0.1, 0.15) is 0 Å². The first-order chi connectivity index (χ1) is 26.3. The van der Waals surface area contributed by atoms with Crippen molar-refractivity contribution in [3.05, 3.63) is 188 Å². The number of benzene rings is 9. The van der Waals surface area contributed by atoms with Gasteiger partial charge < -0.3 is 4.57 Å². The smallest absolute Gasteiger partial charge is 0.0971 e. The average molecular weight is 674 g/mol. The summed E-state index contributed by atoms with van der Waals surface area (Å²) >= 11 is 0. The second-order valence-electron chi connectivity index (χ2n) is 13.8. The summed E-state index contributed by atoms with van der Waals surface area (Å²) < 4.78 is 2.37. The van der Waals surface area contributed by atoms with Gasteiger partial charge in [0.05, 0.1) is 22.1 Å². The number of nitrogens with zero attached hydrogens (tertiary/aromatic N) is 3. The fourth-order valence-corrected chi connectivity index (χ4v) is 8.48. The third-order valence-corrected chi connectivity index (χ3v) is 10.9. The highest BCUT2D eigenvalue weighted by molar-refractivity contribution is 6.23. The van der Waals surface area contributed by atoms with Crippen LogP contribution < -0.4 is 0 Å². The highest BCUT2D eigenvalue weighted by Gasteiger charge is 2.15. The highest BCUT2D eigenvalue weighted by atomic mass is 15.0. The van der Waals surface area contributed by atoms with Crippen molar-refractivity contribution in [3.8, 4) is 39.1 Å². The Hall–Kier alpha value is -7.10. The van der Waals surface area contributed by atoms with Gasteiger partial charge in [0.25, 0.3) is 0 Å². The molecule has 11 aromatic rings. The quantitative estimate of drug-likeness (QED) is 0.174. The van der Waals surface area contributed by atoms with Gasteiger partial charge in [-0.15, -0.1) is 0 Å². The van der Waals surface area contributed by atoms with Gasteiger partial charge in [-0.2, -0.15) is 0 Å². The van der Waals surface area contributed by atoms with Crippen LogP contribution in [0.25, 0.3) is 104 Å². The summed E-state index contributed by atoms with van der Waals surface area (Å²) in [6, 6.07) is 63.9. The van der Waals surface area contributed by atoms with Crippen LogP contribution in [-0.4, -0.2) is 14.5 Å². The van der Waals surface area contributed by atoms with Crippen molar-refractivity contribution in [2.24, 2.45) is 0 Å². The van der Waals surface area contributed by atoms with E-state index in [4.69, 9.17) is 9.97 Å². The van der Waals surface area contributed by atoms with Crippen molar-refractivity contribution < 1.29 is 0 Å². The van der Waals surface area contributed by atoms with E-state index in [2.05, 4.69) is 180 Å². The lowest BCUT2D eigenvalue weighted by molar-refractivity contribution is 1.18. The molecule has 0 atom stereocenters. The highest BCUT2D eigenvalue weighted by Crippen LogP contribution is 2.39. The molecule has 53 heavy (non-hydrogen) atoms. The molecular formula is C50H31N3. The number of hydrogen-bond acceptors (Lipinski definition) is 2. The Bertz CT molecular complexity index is 3140. The van der Waals surface area contributed by atoms with E-state index in [-0.39, 0.29) is 0 Å². The lowest BCUT2D eigenvalue weighted by atomic mass is 9.91. The maximum Gasteiger partial charge on any atom is 0.0971 e. The minimum absolute atomic E-state index is 0.934. The number of rotatable bonds is 4. The van der Waals surface area contributed by atoms with Gasteiger partial charge in [0, 0.05) is 39.6 Å². The topological polar surface area (TPSA) is 30.7 Å². The van der Waals surface area contributed by atoms with Gasteiger partial charge >= 0.3 is 0 Å². The predicted molar refractivity (Wildman–Crippen MR) is 223 cm³/mol. The molecule has 0 spiro atoms. The first-order valence-corrected chi connectivity index (χ1v) is 18.1. The number of aromatic nitrogens is 3. The summed E-state index contributed by atoms with van der Waals surface area (Å²) in [4.78, 5) is 9.55. The van der Waals surface area contributed by atoms with E-state index in [0.717, 1.165) is 33.1 Å². The van der Waals surface area contributed by atoms with Gasteiger partial charge in [-0.1, -0.05) is 140 Å². The fourth-order valence-electron chi connectivity index (χ4n) is 8.48. The Balaban J connectivity index is 0.998. The molecule has 2 aromatic heterocycles. The van der Waals surface area contributed by atoms with E-state index < -0.39 is 0 Å². The monoisotopic (exact) mass is 673 g/mol. The van der Waals surface area contributed by atoms with Crippen LogP contribution in [-0.2, 0) is 0 Å². The second kappa shape index (κ2) is 11.7. The Kier molecular flexibility index (Phi) is 6.55. The summed E-state index contributed by atoms with van der Waals surface area (Å²) in [5.74, 6) is 0. The molecule has 0 N–H and O–H groups in total. The third kappa shape index (κ3) is 4.61. The maximum absolute atomic E-state index is 4.80. The molecule has 2 heterocycles. The van der Waals surface area contributed by atoms with E-state index in [1.807, 2.05) is 0 Å². The Morgan fingerprint density at radius 3 is 1.49 bits per heavy atom. The van der Waals surface area contributed by atoms with E-state index >= 15 is 0 Å². The van der Waals surface area contributed by atoms with E-state index in [1.54, 1.807) is 12.4 Å². The van der Waals surface area contributed by atoms with Crippen LogP contribution in [0.4, 0.5) is 0 Å². The molecule has 0 aliphatic heterocycles. The third-order valence-electron chi connectivity index (χ3n) is 10.9. The van der Waals surface area contributed by atoms with Crippen molar-refractivity contribution in [1.82, 2.24) is 14.5 Å². The summed E-state index contributed by atoms with van der Waals surface area (Å²) in [5.41, 5.74) is 12.6. The second-order valence-corrected chi connectivity index (χ2v) is 13.8. The van der Waals surface area contributed by atoms with E-state index in [9.17, 15) is 0 Å². The summed E-state index contributed by atoms with van der Waals surface area (Å²) in [6.45, 7) is 0. The molecule has 0 radical (unpaired) electrons. The Morgan fingerprint density at radius 1 is 0.302 bits per heavy atom. The maximum atomic E-state index is 4.80. The standard InChI is InChI=1S/C50H31N3/c1-2-15-45-41(12-1)42-27-24-34(31-46(42)50-49(45)51-28-29-52-50)33-10-7-11-35(30-33)38-17-9-18-39-37(16-8-19-40(38)39)32-22-25-36(26-23-32)53-47-20-5-3-13-43(47)44-14-4-6-21-48(44)53/h1-31H. The van der Waals surface area contributed by atoms with Crippen LogP contribution >= 0.6 is 0 Å². The molecule has 0 saturated carbocycles. The van der Waals surface area contributed by atoms with Crippen molar-refractivity contribution in [1.29, 1.82) is 0 Å². The summed E-state index contributed by atoms with van der Waals surface area (Å²) in [5, 5.41) is 9.66. The predicted octanol–water partition coefficient (Wildman–Crippen LogP) is 13.2. The summed E-state index contributed by atoms with van der Waals surface area (Å²) in [7, 11) is 0. The minimum atomic E-state index is 0.934. The molecule has 0 aliphatic carbocycles. The normalized spacial score (nSPS) is 11.8. The number of para-hydroxylation sites is 2. The first kappa shape index (κ1) is 29.6. The van der Waals surface area contributed by atoms with Crippen molar-refractivity contribution >= 4 is 65.2 Å². The Morgan fingerprint density at radius 2 is 0.792 bits per heavy atom. The van der Waals surface area contributed by atoms with Gasteiger partial charge in [-0.05, 0) is 91.3 Å². The lowest BCUT2D eigenvalue weighted by Crippen LogP contribution is -1.93. The van der Waals surface area contributed by atoms with Gasteiger partial charge in [-0.3, -0.25) is 9.97 Å². The number of fused-ring (bicyclic) bond motifs is 10. The molecule has 9 aromatic carbocycles. The fraction of sp³-hybridized carbons (Fsp3) is 0. The van der Waals surface area contributed by atoms with Crippen molar-refractivity contribution in [3.63, 3.8) is 0 Å². The zero-order chi connectivity index (χ0) is 34.9. The van der Waals surface area contributed by atoms with Crippen LogP contribution in [0.15, 0.2) is 188 Å². The van der Waals surface area contributed by atoms with Crippen LogP contribution in [0.5, 0.6) is 0 Å². The molecule has 0 saturated heterocycles. The summed E-state index contributed by atoms with van der Waals surface area (Å²) in [6.07, 6.45) is 3.57. The molecule has 0 fully saturated rings. The van der Waals surface area contributed by atoms with Crippen LogP contribution in [0.3, 0.4) is 0 Å². The lowest BCUT2D eigenvalue weighted by Gasteiger charge is -2.14. The number of hydrogen-bond donors (Lipinski definition) is 0. The molecule has 0 bridgehead atoms. The van der Waals surface area contributed by atoms with Gasteiger partial charge in [0.2, 0.25) is 0 Å². The van der Waals surface area contributed by atoms with Crippen molar-refractivity contribution in [2.75, 3.05) is 0 Å². The molecule has 3 heteroatoms. The molecule has 0 unspecified atom stereocenters. The molecule has 0 amide bonds. The zero-order valence-corrected chi connectivity index (χ0v) is 28.7. The van der Waals surface area contributed by atoms with Crippen LogP contribution in [0, 0.1) is 0 Å². The average Bonchev–Trinajstić information content (AvgIpc) is 3.58. The van der Waals surface area contributed by atoms with Crippen molar-refractivity contribution in [2.45, 2.75) is 0 Å². The molecule has 3 nitrogen and oxygen atoms in total. The van der Waals surface area contributed by atoms with Gasteiger partial charge in [-0.25, -0.2) is 0 Å². The molecular weight excluding hydrogens is 643 g/mol. The SMILES string of the molecule is c1cc(-c2ccc3c4ccccc4c4nccnc4c3c2)cc(-c2cccc3c(-c4ccc(-n5c6ccccc6c6ccccc65)cc4)cccc23)c1. The van der Waals surface area contributed by atoms with E-state index in [0.29, 0.717) is 0 Å². The van der Waals surface area contributed by atoms with Crippen LogP contribution in [0.2, 0.25) is 0 Å². The van der Waals surface area contributed by atoms with E-state index in [1.165, 1.54) is 71.2 Å². The van der Waals surface area contributed by atoms with Gasteiger partial charge in [0.15, 0.2) is 0 Å².